The summed E-state index contributed by atoms with van der Waals surface area (Å²) in [5.41, 5.74) is 6.25. The molecule has 0 aliphatic carbocycles. The Balaban J connectivity index is 1.61. The van der Waals surface area contributed by atoms with Crippen molar-refractivity contribution in [1.29, 1.82) is 0 Å². The van der Waals surface area contributed by atoms with Gasteiger partial charge in [-0.25, -0.2) is 9.59 Å². The lowest BCUT2D eigenvalue weighted by Gasteiger charge is -2.34. The number of carbonyl (C=O) groups is 3. The van der Waals surface area contributed by atoms with Gasteiger partial charge in [0.15, 0.2) is 0 Å². The monoisotopic (exact) mass is 332 g/mol. The van der Waals surface area contributed by atoms with Crippen molar-refractivity contribution >= 4 is 18.0 Å². The first kappa shape index (κ1) is 16.1. The maximum absolute atomic E-state index is 12.5. The zero-order chi connectivity index (χ0) is 17.3. The normalized spacial score (nSPS) is 20.4. The van der Waals surface area contributed by atoms with Crippen molar-refractivity contribution in [2.45, 2.75) is 13.0 Å². The third kappa shape index (κ3) is 2.86. The van der Waals surface area contributed by atoms with Crippen LogP contribution in [0.3, 0.4) is 0 Å². The molecule has 0 radical (unpaired) electrons. The molecule has 2 N–H and O–H groups in total. The summed E-state index contributed by atoms with van der Waals surface area (Å²) in [6.45, 7) is 3.14. The van der Waals surface area contributed by atoms with Gasteiger partial charge in [0.2, 0.25) is 0 Å². The average Bonchev–Trinajstić information content (AvgIpc) is 2.81. The molecular weight excluding hydrogens is 312 g/mol. The van der Waals surface area contributed by atoms with Crippen LogP contribution in [0.5, 0.6) is 5.75 Å². The summed E-state index contributed by atoms with van der Waals surface area (Å²) >= 11 is 0. The third-order valence-electron chi connectivity index (χ3n) is 4.39. The summed E-state index contributed by atoms with van der Waals surface area (Å²) in [6.07, 6.45) is 0. The number of hydrogen-bond acceptors (Lipinski definition) is 4. The van der Waals surface area contributed by atoms with Gasteiger partial charge >= 0.3 is 12.1 Å². The Labute approximate surface area is 139 Å². The highest BCUT2D eigenvalue weighted by Crippen LogP contribution is 2.22. The standard InChI is InChI=1S/C16H20N4O4/c1-11-4-2-3-5-13(11)24-9-8-20-14(21)12-10-18(15(17)22)6-7-19(12)16(20)23/h2-5,12H,6-10H2,1H3,(H2,17,22). The summed E-state index contributed by atoms with van der Waals surface area (Å²) in [6, 6.07) is 6.01. The Morgan fingerprint density at radius 2 is 2.04 bits per heavy atom. The molecule has 0 saturated carbocycles. The molecule has 2 aliphatic rings. The first-order chi connectivity index (χ1) is 11.5. The van der Waals surface area contributed by atoms with Crippen LogP contribution in [0, 0.1) is 6.92 Å². The van der Waals surface area contributed by atoms with Crippen molar-refractivity contribution in [3.05, 3.63) is 29.8 Å². The number of nitrogens with zero attached hydrogens (tertiary/aromatic N) is 3. The van der Waals surface area contributed by atoms with E-state index in [1.807, 2.05) is 31.2 Å². The van der Waals surface area contributed by atoms with E-state index in [1.165, 1.54) is 14.7 Å². The van der Waals surface area contributed by atoms with Gasteiger partial charge in [0.05, 0.1) is 13.1 Å². The van der Waals surface area contributed by atoms with Gasteiger partial charge in [-0.15, -0.1) is 0 Å². The highest BCUT2D eigenvalue weighted by Gasteiger charge is 2.47. The second-order valence-corrected chi connectivity index (χ2v) is 5.88. The van der Waals surface area contributed by atoms with Gasteiger partial charge in [0, 0.05) is 13.1 Å². The number of rotatable bonds is 4. The topological polar surface area (TPSA) is 96.2 Å². The lowest BCUT2D eigenvalue weighted by atomic mass is 10.2. The summed E-state index contributed by atoms with van der Waals surface area (Å²) in [5, 5.41) is 0. The number of fused-ring (bicyclic) bond motifs is 1. The molecule has 1 atom stereocenters. The SMILES string of the molecule is Cc1ccccc1OCCN1C(=O)C2CN(C(N)=O)CCN2C1=O. The number of benzene rings is 1. The molecule has 1 unspecified atom stereocenters. The predicted molar refractivity (Wildman–Crippen MR) is 85.4 cm³/mol. The molecule has 2 heterocycles. The van der Waals surface area contributed by atoms with E-state index in [9.17, 15) is 14.4 Å². The van der Waals surface area contributed by atoms with Crippen molar-refractivity contribution < 1.29 is 19.1 Å². The van der Waals surface area contributed by atoms with Crippen LogP contribution in [-0.2, 0) is 4.79 Å². The zero-order valence-corrected chi connectivity index (χ0v) is 13.5. The molecule has 3 rings (SSSR count). The fourth-order valence-corrected chi connectivity index (χ4v) is 3.02. The Hall–Kier alpha value is -2.77. The quantitative estimate of drug-likeness (QED) is 0.807. The van der Waals surface area contributed by atoms with Crippen molar-refractivity contribution in [1.82, 2.24) is 14.7 Å². The van der Waals surface area contributed by atoms with Crippen LogP contribution in [0.2, 0.25) is 0 Å². The van der Waals surface area contributed by atoms with E-state index < -0.39 is 12.1 Å². The molecule has 8 nitrogen and oxygen atoms in total. The van der Waals surface area contributed by atoms with Crippen molar-refractivity contribution in [3.8, 4) is 5.75 Å². The highest BCUT2D eigenvalue weighted by atomic mass is 16.5. The summed E-state index contributed by atoms with van der Waals surface area (Å²) in [7, 11) is 0. The van der Waals surface area contributed by atoms with Gasteiger partial charge in [-0.2, -0.15) is 0 Å². The number of primary amides is 1. The summed E-state index contributed by atoms with van der Waals surface area (Å²) in [4.78, 5) is 40.2. The molecule has 2 saturated heterocycles. The number of amides is 5. The Kier molecular flexibility index (Phi) is 4.28. The molecule has 0 bridgehead atoms. The number of piperazine rings is 1. The largest absolute Gasteiger partial charge is 0.491 e. The minimum Gasteiger partial charge on any atom is -0.491 e. The molecular formula is C16H20N4O4. The fraction of sp³-hybridized carbons (Fsp3) is 0.438. The van der Waals surface area contributed by atoms with Crippen LogP contribution in [-0.4, -0.2) is 71.5 Å². The zero-order valence-electron chi connectivity index (χ0n) is 13.5. The molecule has 0 spiro atoms. The first-order valence-corrected chi connectivity index (χ1v) is 7.84. The fourth-order valence-electron chi connectivity index (χ4n) is 3.02. The van der Waals surface area contributed by atoms with Gasteiger partial charge in [0.1, 0.15) is 18.4 Å². The highest BCUT2D eigenvalue weighted by molar-refractivity contribution is 6.04. The van der Waals surface area contributed by atoms with E-state index in [4.69, 9.17) is 10.5 Å². The minimum atomic E-state index is -0.641. The molecule has 0 aromatic heterocycles. The number of para-hydroxylation sites is 1. The maximum atomic E-state index is 12.5. The van der Waals surface area contributed by atoms with Gasteiger partial charge in [-0.1, -0.05) is 18.2 Å². The minimum absolute atomic E-state index is 0.148. The molecule has 1 aromatic carbocycles. The van der Waals surface area contributed by atoms with Crippen molar-refractivity contribution in [2.75, 3.05) is 32.8 Å². The first-order valence-electron chi connectivity index (χ1n) is 7.84. The predicted octanol–water partition coefficient (Wildman–Crippen LogP) is 0.401. The van der Waals surface area contributed by atoms with Gasteiger partial charge in [-0.05, 0) is 18.6 Å². The lowest BCUT2D eigenvalue weighted by molar-refractivity contribution is -0.129. The number of carbonyl (C=O) groups excluding carboxylic acids is 3. The smallest absolute Gasteiger partial charge is 0.327 e. The summed E-state index contributed by atoms with van der Waals surface area (Å²) in [5.74, 6) is 0.425. The van der Waals surface area contributed by atoms with Crippen LogP contribution in [0.1, 0.15) is 5.56 Å². The van der Waals surface area contributed by atoms with Gasteiger partial charge in [0.25, 0.3) is 5.91 Å². The number of imide groups is 1. The Morgan fingerprint density at radius 1 is 1.29 bits per heavy atom. The Morgan fingerprint density at radius 3 is 2.75 bits per heavy atom. The van der Waals surface area contributed by atoms with Crippen LogP contribution in [0.25, 0.3) is 0 Å². The molecule has 2 fully saturated rings. The van der Waals surface area contributed by atoms with Gasteiger partial charge < -0.3 is 20.3 Å². The molecule has 2 aliphatic heterocycles. The number of urea groups is 2. The molecule has 8 heteroatoms. The van der Waals surface area contributed by atoms with Crippen molar-refractivity contribution in [3.63, 3.8) is 0 Å². The van der Waals surface area contributed by atoms with E-state index >= 15 is 0 Å². The Bertz CT molecular complexity index is 678. The van der Waals surface area contributed by atoms with E-state index in [0.29, 0.717) is 13.1 Å². The van der Waals surface area contributed by atoms with Gasteiger partial charge in [-0.3, -0.25) is 9.69 Å². The van der Waals surface area contributed by atoms with E-state index in [-0.39, 0.29) is 31.6 Å². The lowest BCUT2D eigenvalue weighted by Crippen LogP contribution is -2.55. The third-order valence-corrected chi connectivity index (χ3v) is 4.39. The second kappa shape index (κ2) is 6.38. The number of hydrogen-bond donors (Lipinski definition) is 1. The van der Waals surface area contributed by atoms with E-state index in [1.54, 1.807) is 0 Å². The molecule has 128 valence electrons. The van der Waals surface area contributed by atoms with E-state index in [2.05, 4.69) is 0 Å². The second-order valence-electron chi connectivity index (χ2n) is 5.88. The molecule has 1 aromatic rings. The number of nitrogens with two attached hydrogens (primary N) is 1. The maximum Gasteiger partial charge on any atom is 0.327 e. The van der Waals surface area contributed by atoms with Crippen LogP contribution >= 0.6 is 0 Å². The van der Waals surface area contributed by atoms with Crippen molar-refractivity contribution in [2.24, 2.45) is 5.73 Å². The molecule has 5 amide bonds. The summed E-state index contributed by atoms with van der Waals surface area (Å²) < 4.78 is 5.66. The number of aryl methyl sites for hydroxylation is 1. The van der Waals surface area contributed by atoms with E-state index in [0.717, 1.165) is 11.3 Å². The number of ether oxygens (including phenoxy) is 1. The average molecular weight is 332 g/mol. The van der Waals surface area contributed by atoms with Crippen LogP contribution in [0.4, 0.5) is 9.59 Å². The van der Waals surface area contributed by atoms with Crippen LogP contribution in [0.15, 0.2) is 24.3 Å². The van der Waals surface area contributed by atoms with Crippen LogP contribution < -0.4 is 10.5 Å². The molecule has 24 heavy (non-hydrogen) atoms.